The van der Waals surface area contributed by atoms with Crippen LogP contribution in [0.2, 0.25) is 0 Å². The topological polar surface area (TPSA) is 76.0 Å². The van der Waals surface area contributed by atoms with E-state index in [1.165, 1.54) is 6.07 Å². The molecule has 0 spiro atoms. The quantitative estimate of drug-likeness (QED) is 0.768. The van der Waals surface area contributed by atoms with Crippen molar-refractivity contribution < 1.29 is 22.8 Å². The summed E-state index contributed by atoms with van der Waals surface area (Å²) in [5.41, 5.74) is 1.54. The molecule has 0 bridgehead atoms. The van der Waals surface area contributed by atoms with Crippen molar-refractivity contribution in [3.05, 3.63) is 46.3 Å². The summed E-state index contributed by atoms with van der Waals surface area (Å²) in [6.07, 6.45) is -2.47. The van der Waals surface area contributed by atoms with E-state index in [-0.39, 0.29) is 23.7 Å². The number of nitrogens with one attached hydrogen (secondary N) is 2. The van der Waals surface area contributed by atoms with Crippen LogP contribution in [0.3, 0.4) is 0 Å². The molecule has 1 aliphatic carbocycles. The van der Waals surface area contributed by atoms with Gasteiger partial charge in [0, 0.05) is 36.5 Å². The maximum atomic E-state index is 13.2. The molecule has 2 N–H and O–H groups in total. The Balaban J connectivity index is 1.74. The Bertz CT molecular complexity index is 946. The first-order valence-corrected chi connectivity index (χ1v) is 9.36. The predicted octanol–water partition coefficient (Wildman–Crippen LogP) is 3.52. The number of amides is 2. The van der Waals surface area contributed by atoms with Gasteiger partial charge in [-0.25, -0.2) is 0 Å². The number of aryl methyl sites for hydroxylation is 2. The first-order valence-electron chi connectivity index (χ1n) is 9.36. The molecule has 2 aromatic rings. The number of hydrogen-bond donors (Lipinski definition) is 2. The molecule has 1 fully saturated rings. The van der Waals surface area contributed by atoms with Crippen molar-refractivity contribution in [2.24, 2.45) is 7.05 Å². The summed E-state index contributed by atoms with van der Waals surface area (Å²) in [6.45, 7) is 3.74. The number of rotatable bonds is 6. The second kappa shape index (κ2) is 7.88. The van der Waals surface area contributed by atoms with Gasteiger partial charge in [-0.15, -0.1) is 0 Å². The maximum Gasteiger partial charge on any atom is 0.416 e. The van der Waals surface area contributed by atoms with Gasteiger partial charge in [0.15, 0.2) is 0 Å². The molecule has 9 heteroatoms. The molecule has 0 radical (unpaired) electrons. The predicted molar refractivity (Wildman–Crippen MR) is 102 cm³/mol. The Labute approximate surface area is 166 Å². The van der Waals surface area contributed by atoms with Crippen LogP contribution in [0.5, 0.6) is 0 Å². The van der Waals surface area contributed by atoms with Gasteiger partial charge in [0.2, 0.25) is 5.91 Å². The van der Waals surface area contributed by atoms with Crippen molar-refractivity contribution in [3.63, 3.8) is 0 Å². The van der Waals surface area contributed by atoms with Crippen LogP contribution in [-0.4, -0.2) is 27.6 Å². The Morgan fingerprint density at radius 2 is 1.90 bits per heavy atom. The molecule has 6 nitrogen and oxygen atoms in total. The number of nitrogens with zero attached hydrogens (tertiary/aromatic N) is 2. The van der Waals surface area contributed by atoms with Crippen molar-refractivity contribution >= 4 is 17.5 Å². The van der Waals surface area contributed by atoms with Crippen molar-refractivity contribution in [1.29, 1.82) is 0 Å². The molecule has 29 heavy (non-hydrogen) atoms. The normalized spacial score (nSPS) is 14.0. The van der Waals surface area contributed by atoms with Crippen molar-refractivity contribution in [1.82, 2.24) is 15.1 Å². The highest BCUT2D eigenvalue weighted by Crippen LogP contribution is 2.32. The highest BCUT2D eigenvalue weighted by atomic mass is 19.4. The zero-order chi connectivity index (χ0) is 21.3. The number of anilines is 1. The standard InChI is InChI=1S/C20H23F3N4O2/c1-11-17(12(2)27(3)26-11)6-7-18(28)24-16-9-13(19(29)25-15-4-5-15)8-14(10-16)20(21,22)23/h8-10,15H,4-7H2,1-3H3,(H,24,28)(H,25,29). The number of alkyl halides is 3. The average Bonchev–Trinajstić information content (AvgIpc) is 3.40. The number of aromatic nitrogens is 2. The van der Waals surface area contributed by atoms with E-state index in [0.717, 1.165) is 41.9 Å². The summed E-state index contributed by atoms with van der Waals surface area (Å²) in [7, 11) is 1.81. The van der Waals surface area contributed by atoms with Crippen LogP contribution >= 0.6 is 0 Å². The number of carbonyl (C=O) groups is 2. The average molecular weight is 408 g/mol. The maximum absolute atomic E-state index is 13.2. The molecule has 1 saturated carbocycles. The lowest BCUT2D eigenvalue weighted by atomic mass is 10.1. The number of hydrogen-bond acceptors (Lipinski definition) is 3. The SMILES string of the molecule is Cc1nn(C)c(C)c1CCC(=O)Nc1cc(C(=O)NC2CC2)cc(C(F)(F)F)c1. The van der Waals surface area contributed by atoms with Gasteiger partial charge in [0.1, 0.15) is 0 Å². The highest BCUT2D eigenvalue weighted by Gasteiger charge is 2.32. The van der Waals surface area contributed by atoms with Crippen LogP contribution in [-0.2, 0) is 24.4 Å². The Hall–Kier alpha value is -2.84. The fourth-order valence-corrected chi connectivity index (χ4v) is 3.13. The summed E-state index contributed by atoms with van der Waals surface area (Å²) >= 11 is 0. The zero-order valence-electron chi connectivity index (χ0n) is 16.5. The summed E-state index contributed by atoms with van der Waals surface area (Å²) in [6, 6.07) is 2.93. The molecule has 1 aliphatic rings. The first kappa shape index (κ1) is 20.9. The van der Waals surface area contributed by atoms with Gasteiger partial charge < -0.3 is 10.6 Å². The molecule has 0 saturated heterocycles. The Morgan fingerprint density at radius 1 is 1.21 bits per heavy atom. The van der Waals surface area contributed by atoms with Crippen LogP contribution < -0.4 is 10.6 Å². The summed E-state index contributed by atoms with van der Waals surface area (Å²) in [4.78, 5) is 24.5. The van der Waals surface area contributed by atoms with Gasteiger partial charge in [0.25, 0.3) is 5.91 Å². The summed E-state index contributed by atoms with van der Waals surface area (Å²) < 4.78 is 41.4. The van der Waals surface area contributed by atoms with E-state index in [9.17, 15) is 22.8 Å². The monoisotopic (exact) mass is 408 g/mol. The number of halogens is 3. The molecule has 1 heterocycles. The number of carbonyl (C=O) groups excluding carboxylic acids is 2. The Morgan fingerprint density at radius 3 is 2.45 bits per heavy atom. The van der Waals surface area contributed by atoms with E-state index < -0.39 is 23.6 Å². The molecule has 3 rings (SSSR count). The molecule has 1 aromatic heterocycles. The molecule has 0 atom stereocenters. The van der Waals surface area contributed by atoms with Crippen LogP contribution in [0.15, 0.2) is 18.2 Å². The van der Waals surface area contributed by atoms with E-state index in [4.69, 9.17) is 0 Å². The second-order valence-electron chi connectivity index (χ2n) is 7.37. The van der Waals surface area contributed by atoms with E-state index >= 15 is 0 Å². The van der Waals surface area contributed by atoms with Gasteiger partial charge in [-0.1, -0.05) is 0 Å². The van der Waals surface area contributed by atoms with Gasteiger partial charge in [-0.05, 0) is 56.9 Å². The zero-order valence-corrected chi connectivity index (χ0v) is 16.5. The molecule has 0 aliphatic heterocycles. The fourth-order valence-electron chi connectivity index (χ4n) is 3.13. The first-order chi connectivity index (χ1) is 13.5. The van der Waals surface area contributed by atoms with Crippen LogP contribution in [0.4, 0.5) is 18.9 Å². The van der Waals surface area contributed by atoms with Gasteiger partial charge in [-0.2, -0.15) is 18.3 Å². The summed E-state index contributed by atoms with van der Waals surface area (Å²) in [5, 5.41) is 9.44. The van der Waals surface area contributed by atoms with Gasteiger partial charge in [-0.3, -0.25) is 14.3 Å². The second-order valence-corrected chi connectivity index (χ2v) is 7.37. The largest absolute Gasteiger partial charge is 0.416 e. The minimum absolute atomic E-state index is 0.0149. The third kappa shape index (κ3) is 5.16. The van der Waals surface area contributed by atoms with Crippen molar-refractivity contribution in [2.45, 2.75) is 51.7 Å². The summed E-state index contributed by atoms with van der Waals surface area (Å²) in [5.74, 6) is -1.00. The smallest absolute Gasteiger partial charge is 0.349 e. The molecule has 2 amide bonds. The van der Waals surface area contributed by atoms with E-state index in [1.807, 2.05) is 20.9 Å². The van der Waals surface area contributed by atoms with E-state index in [0.29, 0.717) is 6.42 Å². The molecular formula is C20H23F3N4O2. The highest BCUT2D eigenvalue weighted by molar-refractivity contribution is 5.97. The molecular weight excluding hydrogens is 385 g/mol. The van der Waals surface area contributed by atoms with E-state index in [1.54, 1.807) is 4.68 Å². The minimum atomic E-state index is -4.63. The van der Waals surface area contributed by atoms with E-state index in [2.05, 4.69) is 15.7 Å². The van der Waals surface area contributed by atoms with Crippen LogP contribution in [0.25, 0.3) is 0 Å². The van der Waals surface area contributed by atoms with Gasteiger partial charge >= 0.3 is 6.18 Å². The van der Waals surface area contributed by atoms with Crippen LogP contribution in [0.1, 0.15) is 52.1 Å². The lowest BCUT2D eigenvalue weighted by Crippen LogP contribution is -2.26. The number of benzene rings is 1. The molecule has 156 valence electrons. The van der Waals surface area contributed by atoms with Gasteiger partial charge in [0.05, 0.1) is 11.3 Å². The lowest BCUT2D eigenvalue weighted by Gasteiger charge is -2.13. The lowest BCUT2D eigenvalue weighted by molar-refractivity contribution is -0.137. The molecule has 1 aromatic carbocycles. The van der Waals surface area contributed by atoms with Crippen molar-refractivity contribution in [2.75, 3.05) is 5.32 Å². The fraction of sp³-hybridized carbons (Fsp3) is 0.450. The van der Waals surface area contributed by atoms with Crippen LogP contribution in [0, 0.1) is 13.8 Å². The minimum Gasteiger partial charge on any atom is -0.349 e. The molecule has 0 unspecified atom stereocenters. The van der Waals surface area contributed by atoms with Crippen molar-refractivity contribution in [3.8, 4) is 0 Å². The third-order valence-corrected chi connectivity index (χ3v) is 4.98. The Kier molecular flexibility index (Phi) is 5.68. The third-order valence-electron chi connectivity index (χ3n) is 4.98.